The van der Waals surface area contributed by atoms with Gasteiger partial charge in [0.25, 0.3) is 0 Å². The van der Waals surface area contributed by atoms with Crippen LogP contribution in [0.4, 0.5) is 0 Å². The summed E-state index contributed by atoms with van der Waals surface area (Å²) in [4.78, 5) is 2.55. The summed E-state index contributed by atoms with van der Waals surface area (Å²) in [5.41, 5.74) is 2.82. The van der Waals surface area contributed by atoms with Gasteiger partial charge in [-0.1, -0.05) is 31.2 Å². The van der Waals surface area contributed by atoms with Gasteiger partial charge in [-0.15, -0.1) is 0 Å². The Balaban J connectivity index is 1.93. The molecule has 1 saturated heterocycles. The van der Waals surface area contributed by atoms with E-state index in [0.717, 1.165) is 39.4 Å². The van der Waals surface area contributed by atoms with E-state index in [1.54, 1.807) is 0 Å². The zero-order valence-corrected chi connectivity index (χ0v) is 12.2. The summed E-state index contributed by atoms with van der Waals surface area (Å²) in [7, 11) is 0. The van der Waals surface area contributed by atoms with Gasteiger partial charge in [-0.3, -0.25) is 4.90 Å². The van der Waals surface area contributed by atoms with Crippen LogP contribution in [0.5, 0.6) is 0 Å². The van der Waals surface area contributed by atoms with Crippen molar-refractivity contribution in [2.45, 2.75) is 32.9 Å². The van der Waals surface area contributed by atoms with Crippen LogP contribution in [0.3, 0.4) is 0 Å². The average molecular weight is 262 g/mol. The minimum absolute atomic E-state index is 0.500. The van der Waals surface area contributed by atoms with Crippen LogP contribution in [0.25, 0.3) is 0 Å². The van der Waals surface area contributed by atoms with E-state index in [4.69, 9.17) is 4.74 Å². The molecular formula is C16H26N2O. The molecule has 0 aromatic heterocycles. The third-order valence-corrected chi connectivity index (χ3v) is 3.79. The van der Waals surface area contributed by atoms with E-state index in [-0.39, 0.29) is 0 Å². The predicted octanol–water partition coefficient (Wildman–Crippen LogP) is 2.20. The first-order valence-corrected chi connectivity index (χ1v) is 7.38. The summed E-state index contributed by atoms with van der Waals surface area (Å²) in [6, 6.07) is 9.17. The largest absolute Gasteiger partial charge is 0.378 e. The Hall–Kier alpha value is -0.900. The number of nitrogens with one attached hydrogen (secondary N) is 1. The van der Waals surface area contributed by atoms with Crippen LogP contribution < -0.4 is 5.32 Å². The third-order valence-electron chi connectivity index (χ3n) is 3.79. The highest BCUT2D eigenvalue weighted by Gasteiger charge is 2.22. The van der Waals surface area contributed by atoms with Crippen LogP contribution in [-0.4, -0.2) is 43.8 Å². The summed E-state index contributed by atoms with van der Waals surface area (Å²) in [6.45, 7) is 10.3. The van der Waals surface area contributed by atoms with Crippen molar-refractivity contribution >= 4 is 0 Å². The van der Waals surface area contributed by atoms with Crippen molar-refractivity contribution in [2.75, 3.05) is 32.8 Å². The Morgan fingerprint density at radius 3 is 3.00 bits per heavy atom. The molecule has 3 heteroatoms. The first-order chi connectivity index (χ1) is 9.31. The Bertz CT molecular complexity index is 381. The van der Waals surface area contributed by atoms with Crippen LogP contribution in [0.2, 0.25) is 0 Å². The van der Waals surface area contributed by atoms with Gasteiger partial charge in [0, 0.05) is 25.7 Å². The van der Waals surface area contributed by atoms with E-state index < -0.39 is 0 Å². The molecule has 0 amide bonds. The summed E-state index contributed by atoms with van der Waals surface area (Å²) in [6.07, 6.45) is 1.19. The second-order valence-electron chi connectivity index (χ2n) is 5.33. The molecule has 1 heterocycles. The first kappa shape index (κ1) is 14.5. The third kappa shape index (κ3) is 4.30. The molecule has 0 spiro atoms. The standard InChI is InChI=1S/C16H26N2O/c1-3-8-17-11-16-13-19-10-9-18(16)12-15-7-5-4-6-14(15)2/h4-7,16-17H,3,8-13H2,1-2H3. The summed E-state index contributed by atoms with van der Waals surface area (Å²) >= 11 is 0. The molecule has 1 aromatic carbocycles. The van der Waals surface area contributed by atoms with Crippen molar-refractivity contribution in [3.05, 3.63) is 35.4 Å². The average Bonchev–Trinajstić information content (AvgIpc) is 2.43. The zero-order valence-electron chi connectivity index (χ0n) is 12.2. The molecule has 0 saturated carbocycles. The number of morpholine rings is 1. The molecule has 19 heavy (non-hydrogen) atoms. The van der Waals surface area contributed by atoms with E-state index in [0.29, 0.717) is 6.04 Å². The summed E-state index contributed by atoms with van der Waals surface area (Å²) in [5.74, 6) is 0. The lowest BCUT2D eigenvalue weighted by Crippen LogP contribution is -2.50. The maximum absolute atomic E-state index is 5.63. The van der Waals surface area contributed by atoms with Crippen molar-refractivity contribution in [1.29, 1.82) is 0 Å². The summed E-state index contributed by atoms with van der Waals surface area (Å²) < 4.78 is 5.63. The van der Waals surface area contributed by atoms with E-state index in [1.165, 1.54) is 17.5 Å². The zero-order chi connectivity index (χ0) is 13.5. The molecule has 0 bridgehead atoms. The number of hydrogen-bond acceptors (Lipinski definition) is 3. The number of aryl methyl sites for hydroxylation is 1. The van der Waals surface area contributed by atoms with Crippen LogP contribution in [0.1, 0.15) is 24.5 Å². The maximum atomic E-state index is 5.63. The van der Waals surface area contributed by atoms with E-state index in [9.17, 15) is 0 Å². The Kier molecular flexibility index (Phi) is 5.83. The van der Waals surface area contributed by atoms with Gasteiger partial charge < -0.3 is 10.1 Å². The van der Waals surface area contributed by atoms with Gasteiger partial charge in [0.15, 0.2) is 0 Å². The smallest absolute Gasteiger partial charge is 0.0635 e. The quantitative estimate of drug-likeness (QED) is 0.795. The molecule has 106 valence electrons. The van der Waals surface area contributed by atoms with Crippen LogP contribution >= 0.6 is 0 Å². The highest BCUT2D eigenvalue weighted by molar-refractivity contribution is 5.25. The monoisotopic (exact) mass is 262 g/mol. The molecule has 1 fully saturated rings. The molecule has 1 unspecified atom stereocenters. The predicted molar refractivity (Wildman–Crippen MR) is 79.4 cm³/mol. The van der Waals surface area contributed by atoms with Crippen LogP contribution in [0, 0.1) is 6.92 Å². The molecular weight excluding hydrogens is 236 g/mol. The van der Waals surface area contributed by atoms with Crippen LogP contribution in [-0.2, 0) is 11.3 Å². The number of benzene rings is 1. The van der Waals surface area contributed by atoms with Crippen molar-refractivity contribution in [1.82, 2.24) is 10.2 Å². The van der Waals surface area contributed by atoms with Gasteiger partial charge in [-0.05, 0) is 31.0 Å². The lowest BCUT2D eigenvalue weighted by atomic mass is 10.1. The minimum Gasteiger partial charge on any atom is -0.378 e. The Morgan fingerprint density at radius 1 is 1.37 bits per heavy atom. The summed E-state index contributed by atoms with van der Waals surface area (Å²) in [5, 5.41) is 3.51. The van der Waals surface area contributed by atoms with Gasteiger partial charge in [0.2, 0.25) is 0 Å². The lowest BCUT2D eigenvalue weighted by Gasteiger charge is -2.36. The minimum atomic E-state index is 0.500. The molecule has 1 aromatic rings. The number of rotatable bonds is 6. The second-order valence-corrected chi connectivity index (χ2v) is 5.33. The van der Waals surface area contributed by atoms with Crippen molar-refractivity contribution in [3.8, 4) is 0 Å². The molecule has 0 aliphatic carbocycles. The number of hydrogen-bond donors (Lipinski definition) is 1. The first-order valence-electron chi connectivity index (χ1n) is 7.38. The fourth-order valence-electron chi connectivity index (χ4n) is 2.54. The number of ether oxygens (including phenoxy) is 1. The van der Waals surface area contributed by atoms with E-state index in [1.807, 2.05) is 0 Å². The fraction of sp³-hybridized carbons (Fsp3) is 0.625. The molecule has 3 nitrogen and oxygen atoms in total. The van der Waals surface area contributed by atoms with Gasteiger partial charge >= 0.3 is 0 Å². The van der Waals surface area contributed by atoms with Crippen LogP contribution in [0.15, 0.2) is 24.3 Å². The van der Waals surface area contributed by atoms with Crippen molar-refractivity contribution < 1.29 is 4.74 Å². The molecule has 0 radical (unpaired) electrons. The molecule has 2 rings (SSSR count). The van der Waals surface area contributed by atoms with Gasteiger partial charge in [0.1, 0.15) is 0 Å². The van der Waals surface area contributed by atoms with E-state index >= 15 is 0 Å². The maximum Gasteiger partial charge on any atom is 0.0635 e. The lowest BCUT2D eigenvalue weighted by molar-refractivity contribution is -0.0109. The SMILES string of the molecule is CCCNCC1COCCN1Cc1ccccc1C. The van der Waals surface area contributed by atoms with Gasteiger partial charge in [0.05, 0.1) is 13.2 Å². The Labute approximate surface area is 116 Å². The number of nitrogens with zero attached hydrogens (tertiary/aromatic N) is 1. The van der Waals surface area contributed by atoms with E-state index in [2.05, 4.69) is 48.3 Å². The molecule has 1 N–H and O–H groups in total. The molecule has 1 atom stereocenters. The van der Waals surface area contributed by atoms with Crippen molar-refractivity contribution in [2.24, 2.45) is 0 Å². The molecule has 1 aliphatic rings. The topological polar surface area (TPSA) is 24.5 Å². The van der Waals surface area contributed by atoms with Gasteiger partial charge in [-0.2, -0.15) is 0 Å². The Morgan fingerprint density at radius 2 is 2.21 bits per heavy atom. The molecule has 1 aliphatic heterocycles. The normalized spacial score (nSPS) is 20.6. The highest BCUT2D eigenvalue weighted by atomic mass is 16.5. The highest BCUT2D eigenvalue weighted by Crippen LogP contribution is 2.15. The second kappa shape index (κ2) is 7.63. The van der Waals surface area contributed by atoms with Crippen molar-refractivity contribution in [3.63, 3.8) is 0 Å². The van der Waals surface area contributed by atoms with Gasteiger partial charge in [-0.25, -0.2) is 0 Å². The fourth-order valence-corrected chi connectivity index (χ4v) is 2.54.